The third kappa shape index (κ3) is 3.39. The van der Waals surface area contributed by atoms with Crippen LogP contribution in [0.15, 0.2) is 18.2 Å². The van der Waals surface area contributed by atoms with Gasteiger partial charge in [0.2, 0.25) is 0 Å². The molecule has 0 bridgehead atoms. The van der Waals surface area contributed by atoms with E-state index < -0.39 is 6.10 Å². The Balaban J connectivity index is 2.02. The molecular formula is C13H15Cl2NO3. The number of nitrogens with one attached hydrogen (secondary N) is 1. The molecule has 104 valence electrons. The molecule has 1 saturated carbocycles. The van der Waals surface area contributed by atoms with Crippen LogP contribution in [0.1, 0.15) is 23.2 Å². The van der Waals surface area contributed by atoms with Crippen molar-refractivity contribution in [2.75, 3.05) is 6.61 Å². The lowest BCUT2D eigenvalue weighted by Gasteiger charge is -2.13. The molecule has 1 aromatic rings. The van der Waals surface area contributed by atoms with Gasteiger partial charge >= 0.3 is 0 Å². The predicted octanol–water partition coefficient (Wildman–Crippen LogP) is 1.85. The molecule has 3 atom stereocenters. The second-order valence-corrected chi connectivity index (χ2v) is 5.62. The number of aliphatic hydroxyl groups excluding tert-OH is 2. The first-order valence-corrected chi connectivity index (χ1v) is 6.81. The maximum atomic E-state index is 12.1. The molecular weight excluding hydrogens is 289 g/mol. The minimum absolute atomic E-state index is 0.0742. The lowest BCUT2D eigenvalue weighted by molar-refractivity contribution is 0.0903. The molecule has 1 aromatic carbocycles. The van der Waals surface area contributed by atoms with Crippen molar-refractivity contribution in [3.63, 3.8) is 0 Å². The van der Waals surface area contributed by atoms with Gasteiger partial charge in [0.25, 0.3) is 5.91 Å². The second kappa shape index (κ2) is 6.09. The van der Waals surface area contributed by atoms with Crippen LogP contribution in [-0.4, -0.2) is 34.9 Å². The smallest absolute Gasteiger partial charge is 0.253 e. The first kappa shape index (κ1) is 14.6. The van der Waals surface area contributed by atoms with Gasteiger partial charge in [0.15, 0.2) is 0 Å². The van der Waals surface area contributed by atoms with E-state index in [1.165, 1.54) is 6.07 Å². The maximum Gasteiger partial charge on any atom is 0.253 e. The van der Waals surface area contributed by atoms with Crippen LogP contribution in [0.4, 0.5) is 0 Å². The molecule has 6 heteroatoms. The predicted molar refractivity (Wildman–Crippen MR) is 73.5 cm³/mol. The Morgan fingerprint density at radius 2 is 2.11 bits per heavy atom. The molecule has 0 unspecified atom stereocenters. The SMILES string of the molecule is O=C(N[C@@H]1C[C@H](CO)[C@H](O)C1)c1ccc(Cl)cc1Cl. The summed E-state index contributed by atoms with van der Waals surface area (Å²) in [6, 6.07) is 4.53. The van der Waals surface area contributed by atoms with Crippen molar-refractivity contribution in [3.05, 3.63) is 33.8 Å². The fourth-order valence-corrected chi connectivity index (χ4v) is 2.85. The highest BCUT2D eigenvalue weighted by Gasteiger charge is 2.33. The minimum atomic E-state index is -0.573. The van der Waals surface area contributed by atoms with E-state index >= 15 is 0 Å². The van der Waals surface area contributed by atoms with Crippen LogP contribution < -0.4 is 5.32 Å². The van der Waals surface area contributed by atoms with E-state index in [1.807, 2.05) is 0 Å². The lowest BCUT2D eigenvalue weighted by Crippen LogP contribution is -2.33. The van der Waals surface area contributed by atoms with Crippen molar-refractivity contribution in [1.82, 2.24) is 5.32 Å². The van der Waals surface area contributed by atoms with Gasteiger partial charge in [-0.2, -0.15) is 0 Å². The number of aliphatic hydroxyl groups is 2. The quantitative estimate of drug-likeness (QED) is 0.798. The average Bonchev–Trinajstić information content (AvgIpc) is 2.69. The molecule has 19 heavy (non-hydrogen) atoms. The highest BCUT2D eigenvalue weighted by molar-refractivity contribution is 6.36. The zero-order valence-electron chi connectivity index (χ0n) is 10.1. The molecule has 0 saturated heterocycles. The van der Waals surface area contributed by atoms with E-state index in [0.29, 0.717) is 28.5 Å². The van der Waals surface area contributed by atoms with E-state index in [1.54, 1.807) is 12.1 Å². The molecule has 1 aliphatic carbocycles. The lowest BCUT2D eigenvalue weighted by atomic mass is 10.1. The molecule has 2 rings (SSSR count). The Kier molecular flexibility index (Phi) is 4.68. The van der Waals surface area contributed by atoms with Gasteiger partial charge in [-0.25, -0.2) is 0 Å². The molecule has 1 aliphatic rings. The van der Waals surface area contributed by atoms with E-state index in [2.05, 4.69) is 5.32 Å². The van der Waals surface area contributed by atoms with E-state index in [9.17, 15) is 9.90 Å². The monoisotopic (exact) mass is 303 g/mol. The molecule has 0 radical (unpaired) electrons. The number of hydrogen-bond acceptors (Lipinski definition) is 3. The van der Waals surface area contributed by atoms with E-state index in [4.69, 9.17) is 28.3 Å². The molecule has 0 spiro atoms. The maximum absolute atomic E-state index is 12.1. The molecule has 1 fully saturated rings. The highest BCUT2D eigenvalue weighted by Crippen LogP contribution is 2.27. The summed E-state index contributed by atoms with van der Waals surface area (Å²) in [5.74, 6) is -0.469. The van der Waals surface area contributed by atoms with Crippen LogP contribution in [0.5, 0.6) is 0 Å². The first-order chi connectivity index (χ1) is 9.01. The van der Waals surface area contributed by atoms with Crippen molar-refractivity contribution >= 4 is 29.1 Å². The standard InChI is InChI=1S/C13H15Cl2NO3/c14-8-1-2-10(11(15)4-8)13(19)16-9-3-7(6-17)12(18)5-9/h1-2,4,7,9,12,17-18H,3,5-6H2,(H,16,19)/t7-,9-,12-/m1/s1. The van der Waals surface area contributed by atoms with E-state index in [0.717, 1.165) is 0 Å². The average molecular weight is 304 g/mol. The fourth-order valence-electron chi connectivity index (χ4n) is 2.35. The number of hydrogen-bond donors (Lipinski definition) is 3. The summed E-state index contributed by atoms with van der Waals surface area (Å²) in [6.07, 6.45) is 0.438. The molecule has 4 nitrogen and oxygen atoms in total. The van der Waals surface area contributed by atoms with Crippen molar-refractivity contribution in [1.29, 1.82) is 0 Å². The number of rotatable bonds is 3. The van der Waals surface area contributed by atoms with Crippen molar-refractivity contribution < 1.29 is 15.0 Å². The van der Waals surface area contributed by atoms with Gasteiger partial charge in [0, 0.05) is 23.6 Å². The van der Waals surface area contributed by atoms with Gasteiger partial charge in [-0.05, 0) is 31.0 Å². The summed E-state index contributed by atoms with van der Waals surface area (Å²) in [5, 5.41) is 22.3. The van der Waals surface area contributed by atoms with Crippen LogP contribution in [0, 0.1) is 5.92 Å². The van der Waals surface area contributed by atoms with Gasteiger partial charge in [0.05, 0.1) is 16.7 Å². The molecule has 1 amide bonds. The van der Waals surface area contributed by atoms with Crippen molar-refractivity contribution in [3.8, 4) is 0 Å². The first-order valence-electron chi connectivity index (χ1n) is 6.06. The zero-order chi connectivity index (χ0) is 14.0. The number of carbonyl (C=O) groups is 1. The Bertz CT molecular complexity index is 481. The number of halogens is 2. The Labute approximate surface area is 121 Å². The Hall–Kier alpha value is -0.810. The summed E-state index contributed by atoms with van der Waals surface area (Å²) in [7, 11) is 0. The molecule has 0 aromatic heterocycles. The largest absolute Gasteiger partial charge is 0.396 e. The van der Waals surface area contributed by atoms with Gasteiger partial charge in [0.1, 0.15) is 0 Å². The van der Waals surface area contributed by atoms with Crippen LogP contribution >= 0.6 is 23.2 Å². The van der Waals surface area contributed by atoms with Crippen LogP contribution in [0.2, 0.25) is 10.0 Å². The number of benzene rings is 1. The van der Waals surface area contributed by atoms with E-state index in [-0.39, 0.29) is 24.5 Å². The van der Waals surface area contributed by atoms with Gasteiger partial charge < -0.3 is 15.5 Å². The minimum Gasteiger partial charge on any atom is -0.396 e. The fraction of sp³-hybridized carbons (Fsp3) is 0.462. The van der Waals surface area contributed by atoms with Crippen LogP contribution in [-0.2, 0) is 0 Å². The van der Waals surface area contributed by atoms with Gasteiger partial charge in [-0.1, -0.05) is 23.2 Å². The summed E-state index contributed by atoms with van der Waals surface area (Å²) in [6.45, 7) is -0.0742. The summed E-state index contributed by atoms with van der Waals surface area (Å²) < 4.78 is 0. The Morgan fingerprint density at radius 1 is 1.37 bits per heavy atom. The number of carbonyl (C=O) groups excluding carboxylic acids is 1. The highest BCUT2D eigenvalue weighted by atomic mass is 35.5. The summed E-state index contributed by atoms with van der Waals surface area (Å²) in [4.78, 5) is 12.1. The zero-order valence-corrected chi connectivity index (χ0v) is 11.7. The molecule has 0 heterocycles. The topological polar surface area (TPSA) is 69.6 Å². The summed E-state index contributed by atoms with van der Waals surface area (Å²) in [5.41, 5.74) is 0.355. The van der Waals surface area contributed by atoms with Gasteiger partial charge in [-0.3, -0.25) is 4.79 Å². The third-order valence-corrected chi connectivity index (χ3v) is 3.95. The van der Waals surface area contributed by atoms with Gasteiger partial charge in [-0.15, -0.1) is 0 Å². The summed E-state index contributed by atoms with van der Waals surface area (Å²) >= 11 is 11.7. The molecule has 3 N–H and O–H groups in total. The normalized spacial score (nSPS) is 26.4. The van der Waals surface area contributed by atoms with Crippen molar-refractivity contribution in [2.45, 2.75) is 25.0 Å². The van der Waals surface area contributed by atoms with Crippen LogP contribution in [0.25, 0.3) is 0 Å². The molecule has 0 aliphatic heterocycles. The van der Waals surface area contributed by atoms with Crippen molar-refractivity contribution in [2.24, 2.45) is 5.92 Å². The second-order valence-electron chi connectivity index (χ2n) is 4.78. The Morgan fingerprint density at radius 3 is 2.68 bits per heavy atom. The van der Waals surface area contributed by atoms with Crippen LogP contribution in [0.3, 0.4) is 0 Å². The number of amides is 1. The third-order valence-electron chi connectivity index (χ3n) is 3.40.